The first-order chi connectivity index (χ1) is 8.81. The van der Waals surface area contributed by atoms with Gasteiger partial charge in [-0.1, -0.05) is 5.92 Å². The summed E-state index contributed by atoms with van der Waals surface area (Å²) in [5.41, 5.74) is 0. The van der Waals surface area contributed by atoms with Crippen molar-refractivity contribution in [1.29, 1.82) is 0 Å². The van der Waals surface area contributed by atoms with E-state index in [0.29, 0.717) is 25.7 Å². The maximum absolute atomic E-state index is 12.3. The van der Waals surface area contributed by atoms with E-state index in [1.807, 2.05) is 4.90 Å². The lowest BCUT2D eigenvalue weighted by Crippen LogP contribution is -2.44. The van der Waals surface area contributed by atoms with Gasteiger partial charge in [0, 0.05) is 19.0 Å². The Morgan fingerprint density at radius 3 is 2.56 bits per heavy atom. The first-order valence-corrected chi connectivity index (χ1v) is 6.73. The van der Waals surface area contributed by atoms with Crippen molar-refractivity contribution in [3.63, 3.8) is 0 Å². The van der Waals surface area contributed by atoms with Crippen LogP contribution in [-0.4, -0.2) is 49.8 Å². The molecule has 2 rings (SSSR count). The highest BCUT2D eigenvalue weighted by molar-refractivity contribution is 5.79. The number of morpholine rings is 1. The number of carbonyl (C=O) groups excluding carboxylic acids is 1. The van der Waals surface area contributed by atoms with Gasteiger partial charge in [-0.2, -0.15) is 0 Å². The van der Waals surface area contributed by atoms with Crippen molar-refractivity contribution in [2.24, 2.45) is 5.92 Å². The lowest BCUT2D eigenvalue weighted by molar-refractivity contribution is -0.141. The van der Waals surface area contributed by atoms with Crippen LogP contribution >= 0.6 is 0 Å². The maximum atomic E-state index is 12.3. The molecule has 0 aromatic heterocycles. The number of hydrogen-bond acceptors (Lipinski definition) is 3. The highest BCUT2D eigenvalue weighted by Gasteiger charge is 2.30. The Balaban J connectivity index is 1.75. The summed E-state index contributed by atoms with van der Waals surface area (Å²) in [6.45, 7) is 3.21. The quantitative estimate of drug-likeness (QED) is 0.704. The summed E-state index contributed by atoms with van der Waals surface area (Å²) in [7, 11) is 0. The second-order valence-electron chi connectivity index (χ2n) is 4.93. The number of rotatable bonds is 3. The van der Waals surface area contributed by atoms with Crippen LogP contribution in [-0.2, 0) is 14.3 Å². The summed E-state index contributed by atoms with van der Waals surface area (Å²) in [6.07, 6.45) is 9.15. The largest absolute Gasteiger partial charge is 0.378 e. The van der Waals surface area contributed by atoms with Crippen LogP contribution in [0.4, 0.5) is 0 Å². The van der Waals surface area contributed by atoms with Crippen molar-refractivity contribution in [2.45, 2.75) is 31.8 Å². The molecule has 2 aliphatic rings. The van der Waals surface area contributed by atoms with Crippen LogP contribution in [0.25, 0.3) is 0 Å². The fraction of sp³-hybridized carbons (Fsp3) is 0.786. The van der Waals surface area contributed by atoms with E-state index >= 15 is 0 Å². The molecule has 0 atom stereocenters. The molecule has 0 N–H and O–H groups in total. The topological polar surface area (TPSA) is 38.8 Å². The van der Waals surface area contributed by atoms with Crippen molar-refractivity contribution < 1.29 is 14.3 Å². The summed E-state index contributed by atoms with van der Waals surface area (Å²) in [4.78, 5) is 14.2. The first kappa shape index (κ1) is 13.4. The Bertz CT molecular complexity index is 309. The predicted octanol–water partition coefficient (Wildman–Crippen LogP) is 1.05. The van der Waals surface area contributed by atoms with Gasteiger partial charge in [0.05, 0.1) is 19.3 Å². The van der Waals surface area contributed by atoms with Crippen LogP contribution in [0.3, 0.4) is 0 Å². The standard InChI is InChI=1S/C14H21NO3/c1-2-9-18-13-5-3-12(4-6-13)14(16)15-7-10-17-11-8-15/h1,12-13H,3-11H2. The van der Waals surface area contributed by atoms with Crippen molar-refractivity contribution >= 4 is 5.91 Å². The highest BCUT2D eigenvalue weighted by Crippen LogP contribution is 2.27. The van der Waals surface area contributed by atoms with E-state index in [1.165, 1.54) is 0 Å². The van der Waals surface area contributed by atoms with Crippen molar-refractivity contribution in [3.05, 3.63) is 0 Å². The molecule has 0 bridgehead atoms. The van der Waals surface area contributed by atoms with Crippen molar-refractivity contribution in [2.75, 3.05) is 32.9 Å². The average Bonchev–Trinajstić information content (AvgIpc) is 2.46. The van der Waals surface area contributed by atoms with Gasteiger partial charge in [-0.15, -0.1) is 6.42 Å². The lowest BCUT2D eigenvalue weighted by atomic mass is 9.86. The molecule has 1 aliphatic carbocycles. The van der Waals surface area contributed by atoms with Crippen LogP contribution < -0.4 is 0 Å². The molecule has 4 heteroatoms. The van der Waals surface area contributed by atoms with Gasteiger partial charge in [-0.25, -0.2) is 0 Å². The molecule has 18 heavy (non-hydrogen) atoms. The zero-order valence-electron chi connectivity index (χ0n) is 10.8. The third-order valence-electron chi connectivity index (χ3n) is 3.75. The van der Waals surface area contributed by atoms with Crippen molar-refractivity contribution in [1.82, 2.24) is 4.90 Å². The molecular weight excluding hydrogens is 230 g/mol. The number of terminal acetylenes is 1. The number of hydrogen-bond donors (Lipinski definition) is 0. The molecule has 1 amide bonds. The number of nitrogens with zero attached hydrogens (tertiary/aromatic N) is 1. The number of ether oxygens (including phenoxy) is 2. The average molecular weight is 251 g/mol. The van der Waals surface area contributed by atoms with E-state index in [-0.39, 0.29) is 12.0 Å². The number of carbonyl (C=O) groups is 1. The van der Waals surface area contributed by atoms with Crippen LogP contribution in [0.5, 0.6) is 0 Å². The Morgan fingerprint density at radius 2 is 1.94 bits per heavy atom. The summed E-state index contributed by atoms with van der Waals surface area (Å²) in [6, 6.07) is 0. The molecule has 1 saturated carbocycles. The smallest absolute Gasteiger partial charge is 0.225 e. The highest BCUT2D eigenvalue weighted by atomic mass is 16.5. The second-order valence-corrected chi connectivity index (χ2v) is 4.93. The first-order valence-electron chi connectivity index (χ1n) is 6.73. The predicted molar refractivity (Wildman–Crippen MR) is 67.9 cm³/mol. The summed E-state index contributed by atoms with van der Waals surface area (Å²) < 4.78 is 10.8. The molecule has 0 radical (unpaired) electrons. The van der Waals surface area contributed by atoms with E-state index in [4.69, 9.17) is 15.9 Å². The van der Waals surface area contributed by atoms with Gasteiger partial charge in [0.1, 0.15) is 6.61 Å². The third kappa shape index (κ3) is 3.47. The second kappa shape index (κ2) is 6.77. The van der Waals surface area contributed by atoms with E-state index in [0.717, 1.165) is 38.8 Å². The monoisotopic (exact) mass is 251 g/mol. The van der Waals surface area contributed by atoms with Gasteiger partial charge >= 0.3 is 0 Å². The fourth-order valence-electron chi connectivity index (χ4n) is 2.68. The molecule has 4 nitrogen and oxygen atoms in total. The van der Waals surface area contributed by atoms with Crippen molar-refractivity contribution in [3.8, 4) is 12.3 Å². The summed E-state index contributed by atoms with van der Waals surface area (Å²) in [5, 5.41) is 0. The van der Waals surface area contributed by atoms with Gasteiger partial charge in [-0.3, -0.25) is 4.79 Å². The van der Waals surface area contributed by atoms with Crippen LogP contribution in [0.1, 0.15) is 25.7 Å². The van der Waals surface area contributed by atoms with Crippen LogP contribution in [0.2, 0.25) is 0 Å². The molecule has 0 aromatic rings. The number of amides is 1. The Labute approximate surface area is 109 Å². The Kier molecular flexibility index (Phi) is 5.03. The molecule has 1 aliphatic heterocycles. The van der Waals surface area contributed by atoms with E-state index in [9.17, 15) is 4.79 Å². The lowest BCUT2D eigenvalue weighted by Gasteiger charge is -2.33. The molecule has 2 fully saturated rings. The van der Waals surface area contributed by atoms with Gasteiger partial charge in [-0.05, 0) is 25.7 Å². The normalized spacial score (nSPS) is 28.7. The zero-order chi connectivity index (χ0) is 12.8. The van der Waals surface area contributed by atoms with Gasteiger partial charge < -0.3 is 14.4 Å². The van der Waals surface area contributed by atoms with Gasteiger partial charge in [0.25, 0.3) is 0 Å². The van der Waals surface area contributed by atoms with Gasteiger partial charge in [0.2, 0.25) is 5.91 Å². The molecule has 0 unspecified atom stereocenters. The van der Waals surface area contributed by atoms with Gasteiger partial charge in [0.15, 0.2) is 0 Å². The molecule has 1 saturated heterocycles. The molecular formula is C14H21NO3. The van der Waals surface area contributed by atoms with Crippen LogP contribution in [0.15, 0.2) is 0 Å². The summed E-state index contributed by atoms with van der Waals surface area (Å²) >= 11 is 0. The van der Waals surface area contributed by atoms with E-state index < -0.39 is 0 Å². The van der Waals surface area contributed by atoms with Crippen LogP contribution in [0, 0.1) is 18.3 Å². The minimum atomic E-state index is 0.175. The minimum absolute atomic E-state index is 0.175. The maximum Gasteiger partial charge on any atom is 0.225 e. The zero-order valence-corrected chi connectivity index (χ0v) is 10.8. The summed E-state index contributed by atoms with van der Waals surface area (Å²) in [5.74, 6) is 2.96. The van der Waals surface area contributed by atoms with E-state index in [2.05, 4.69) is 5.92 Å². The van der Waals surface area contributed by atoms with E-state index in [1.54, 1.807) is 0 Å². The molecule has 0 aromatic carbocycles. The molecule has 0 spiro atoms. The Hall–Kier alpha value is -1.05. The molecule has 100 valence electrons. The SMILES string of the molecule is C#CCOC1CCC(C(=O)N2CCOCC2)CC1. The third-order valence-corrected chi connectivity index (χ3v) is 3.75. The fourth-order valence-corrected chi connectivity index (χ4v) is 2.68. The molecule has 1 heterocycles. The minimum Gasteiger partial charge on any atom is -0.378 e. The Morgan fingerprint density at radius 1 is 1.28 bits per heavy atom.